The molecule has 6 rings (SSSR count). The third-order valence-electron chi connectivity index (χ3n) is 10.3. The van der Waals surface area contributed by atoms with Crippen LogP contribution < -0.4 is 9.47 Å². The van der Waals surface area contributed by atoms with E-state index in [1.165, 1.54) is 6.07 Å². The average molecular weight is 676 g/mol. The van der Waals surface area contributed by atoms with Crippen molar-refractivity contribution in [2.75, 3.05) is 40.4 Å². The summed E-state index contributed by atoms with van der Waals surface area (Å²) in [5.41, 5.74) is -4.15. The topological polar surface area (TPSA) is 126 Å². The van der Waals surface area contributed by atoms with Gasteiger partial charge in [0, 0.05) is 18.0 Å². The summed E-state index contributed by atoms with van der Waals surface area (Å²) in [6, 6.07) is 0.513. The molecule has 1 aliphatic heterocycles. The highest BCUT2D eigenvalue weighted by molar-refractivity contribution is 6.26. The number of fused-ring (bicyclic) bond motifs is 4. The van der Waals surface area contributed by atoms with E-state index in [9.17, 15) is 19.8 Å². The zero-order chi connectivity index (χ0) is 34.5. The van der Waals surface area contributed by atoms with E-state index in [0.717, 1.165) is 25.7 Å². The third kappa shape index (κ3) is 5.61. The van der Waals surface area contributed by atoms with Gasteiger partial charge in [-0.1, -0.05) is 26.7 Å². The van der Waals surface area contributed by atoms with Crippen molar-refractivity contribution in [2.24, 2.45) is 11.8 Å². The molecule has 10 nitrogen and oxygen atoms in total. The molecule has 1 saturated heterocycles. The summed E-state index contributed by atoms with van der Waals surface area (Å²) in [4.78, 5) is 32.3. The van der Waals surface area contributed by atoms with Crippen LogP contribution in [0.4, 0.5) is 13.2 Å². The van der Waals surface area contributed by atoms with Crippen molar-refractivity contribution in [3.8, 4) is 11.6 Å². The minimum atomic E-state index is -4.76. The second-order valence-electron chi connectivity index (χ2n) is 13.7. The highest BCUT2D eigenvalue weighted by Crippen LogP contribution is 2.57. The number of carbonyl (C=O) groups is 2. The summed E-state index contributed by atoms with van der Waals surface area (Å²) < 4.78 is 62.6. The van der Waals surface area contributed by atoms with Crippen molar-refractivity contribution in [2.45, 2.75) is 89.6 Å². The Balaban J connectivity index is 1.51. The molecule has 1 aromatic carbocycles. The lowest BCUT2D eigenvalue weighted by atomic mass is 9.57. The van der Waals surface area contributed by atoms with Crippen LogP contribution in [0.5, 0.6) is 11.6 Å². The summed E-state index contributed by atoms with van der Waals surface area (Å²) in [7, 11) is 3.39. The van der Waals surface area contributed by atoms with Crippen LogP contribution in [0.15, 0.2) is 16.2 Å². The van der Waals surface area contributed by atoms with Crippen LogP contribution in [0.3, 0.4) is 0 Å². The van der Waals surface area contributed by atoms with Gasteiger partial charge in [-0.2, -0.15) is 13.2 Å². The fraction of sp³-hybridized carbons (Fsp3) is 0.629. The summed E-state index contributed by atoms with van der Waals surface area (Å²) in [6.07, 6.45) is -0.370. The monoisotopic (exact) mass is 675 g/mol. The second kappa shape index (κ2) is 13.1. The number of unbranched alkanes of at least 4 members (excludes halogenated alkanes) is 2. The van der Waals surface area contributed by atoms with Crippen LogP contribution in [0.1, 0.15) is 103 Å². The predicted octanol–water partition coefficient (Wildman–Crippen LogP) is 5.91. The van der Waals surface area contributed by atoms with E-state index in [1.54, 1.807) is 19.0 Å². The Morgan fingerprint density at radius 2 is 1.73 bits per heavy atom. The Morgan fingerprint density at radius 3 is 2.35 bits per heavy atom. The number of ketones is 2. The van der Waals surface area contributed by atoms with Crippen LogP contribution in [-0.2, 0) is 23.9 Å². The second-order valence-corrected chi connectivity index (χ2v) is 13.7. The summed E-state index contributed by atoms with van der Waals surface area (Å²) in [5.74, 6) is -4.64. The molecule has 0 unspecified atom stereocenters. The number of likely N-dealkylation sites (tertiary alicyclic amines) is 1. The molecule has 262 valence electrons. The van der Waals surface area contributed by atoms with Gasteiger partial charge in [0.1, 0.15) is 17.1 Å². The lowest BCUT2D eigenvalue weighted by Crippen LogP contribution is -2.63. The number of carbonyl (C=O) groups excluding carboxylic acids is 2. The van der Waals surface area contributed by atoms with Gasteiger partial charge in [0.2, 0.25) is 11.6 Å². The average Bonchev–Trinajstić information content (AvgIpc) is 3.68. The van der Waals surface area contributed by atoms with Crippen molar-refractivity contribution in [3.05, 3.63) is 45.2 Å². The Hall–Kier alpha value is -3.42. The van der Waals surface area contributed by atoms with E-state index < -0.39 is 52.5 Å². The maximum atomic E-state index is 15.1. The van der Waals surface area contributed by atoms with Gasteiger partial charge in [0.15, 0.2) is 11.4 Å². The molecule has 2 heterocycles. The van der Waals surface area contributed by atoms with Crippen LogP contribution in [0, 0.1) is 11.8 Å². The van der Waals surface area contributed by atoms with Gasteiger partial charge >= 0.3 is 6.18 Å². The van der Waals surface area contributed by atoms with Gasteiger partial charge in [-0.25, -0.2) is 0 Å². The molecule has 0 spiro atoms. The largest absolute Gasteiger partial charge is 0.507 e. The minimum Gasteiger partial charge on any atom is -0.507 e. The van der Waals surface area contributed by atoms with Crippen molar-refractivity contribution < 1.29 is 47.0 Å². The molecule has 3 aliphatic carbocycles. The molecule has 13 heteroatoms. The van der Waals surface area contributed by atoms with Gasteiger partial charge in [0.05, 0.1) is 30.4 Å². The Labute approximate surface area is 277 Å². The first-order valence-electron chi connectivity index (χ1n) is 17.0. The predicted molar refractivity (Wildman–Crippen MR) is 169 cm³/mol. The molecule has 4 aliphatic rings. The molecule has 48 heavy (non-hydrogen) atoms. The number of alkyl halides is 3. The summed E-state index contributed by atoms with van der Waals surface area (Å²) >= 11 is 0. The SMILES string of the molecule is CCCCOc1cc(CN2CCCC2)c(C(F)(F)F)c2c1C(O)=C1C(=O)[C@]3(O)C(=O)c4c(OCCCC)noc4[C@@H](N(C)C)[C@@H]3C[C@@H]1C2. The molecular weight excluding hydrogens is 631 g/mol. The highest BCUT2D eigenvalue weighted by Gasteiger charge is 2.65. The number of aliphatic hydroxyl groups excluding tert-OH is 1. The van der Waals surface area contributed by atoms with E-state index >= 15 is 13.2 Å². The molecular formula is C35H44F3N3O7. The maximum Gasteiger partial charge on any atom is 0.417 e. The molecule has 0 bridgehead atoms. The molecule has 4 atom stereocenters. The lowest BCUT2D eigenvalue weighted by Gasteiger charge is -2.49. The molecule has 2 aromatic rings. The zero-order valence-electron chi connectivity index (χ0n) is 27.9. The van der Waals surface area contributed by atoms with Crippen LogP contribution >= 0.6 is 0 Å². The first-order chi connectivity index (χ1) is 22.8. The van der Waals surface area contributed by atoms with Crippen LogP contribution in [0.2, 0.25) is 0 Å². The van der Waals surface area contributed by atoms with Crippen molar-refractivity contribution >= 4 is 17.3 Å². The van der Waals surface area contributed by atoms with Gasteiger partial charge in [-0.15, -0.1) is 0 Å². The first-order valence-corrected chi connectivity index (χ1v) is 17.0. The zero-order valence-corrected chi connectivity index (χ0v) is 27.9. The number of Topliss-reactive ketones (excluding diaryl/α,β-unsaturated/α-hetero) is 2. The standard InChI is InChI=1S/C35H44F3N3O7/c1-5-7-13-46-23-17-20(18-41-11-9-10-12-41)27(35(36,37)38)21-15-19-16-22-28(40(3)4)30-26(33(39-48-30)47-14-8-6-2)32(44)34(22,45)31(43)24(19)29(42)25(21)23/h17,19,22,28,42,45H,5-16,18H2,1-4H3/t19-,22-,28-,34-/m0/s1. The Kier molecular flexibility index (Phi) is 9.42. The van der Waals surface area contributed by atoms with Crippen LogP contribution in [0.25, 0.3) is 5.76 Å². The van der Waals surface area contributed by atoms with Crippen molar-refractivity contribution in [3.63, 3.8) is 0 Å². The van der Waals surface area contributed by atoms with Gasteiger partial charge in [0.25, 0.3) is 5.88 Å². The smallest absolute Gasteiger partial charge is 0.417 e. The number of hydrogen-bond acceptors (Lipinski definition) is 10. The van der Waals surface area contributed by atoms with E-state index in [-0.39, 0.29) is 77.8 Å². The first kappa shape index (κ1) is 34.4. The minimum absolute atomic E-state index is 0.0556. The Bertz CT molecular complexity index is 1610. The van der Waals surface area contributed by atoms with Gasteiger partial charge in [-0.3, -0.25) is 19.4 Å². The summed E-state index contributed by atoms with van der Waals surface area (Å²) in [6.45, 7) is 5.79. The number of halogens is 3. The number of hydrogen-bond donors (Lipinski definition) is 2. The molecule has 1 saturated carbocycles. The number of nitrogens with zero attached hydrogens (tertiary/aromatic N) is 3. The van der Waals surface area contributed by atoms with E-state index in [2.05, 4.69) is 5.16 Å². The fourth-order valence-electron chi connectivity index (χ4n) is 8.06. The molecule has 1 aromatic heterocycles. The van der Waals surface area contributed by atoms with Crippen molar-refractivity contribution in [1.82, 2.24) is 15.0 Å². The molecule has 2 N–H and O–H groups in total. The highest BCUT2D eigenvalue weighted by atomic mass is 19.4. The van der Waals surface area contributed by atoms with Gasteiger partial charge in [-0.05, 0) is 94.0 Å². The van der Waals surface area contributed by atoms with Crippen molar-refractivity contribution in [1.29, 1.82) is 0 Å². The maximum absolute atomic E-state index is 15.1. The lowest BCUT2D eigenvalue weighted by molar-refractivity contribution is -0.142. The number of aliphatic hydroxyl groups is 2. The molecule has 0 radical (unpaired) electrons. The Morgan fingerprint density at radius 1 is 1.06 bits per heavy atom. The summed E-state index contributed by atoms with van der Waals surface area (Å²) in [5, 5.41) is 28.1. The fourth-order valence-corrected chi connectivity index (χ4v) is 8.06. The number of rotatable bonds is 11. The number of aromatic nitrogens is 1. The normalized spacial score (nSPS) is 25.6. The van der Waals surface area contributed by atoms with Crippen LogP contribution in [-0.4, -0.2) is 82.7 Å². The van der Waals surface area contributed by atoms with E-state index in [1.807, 2.05) is 18.7 Å². The number of benzene rings is 1. The number of ether oxygens (including phenoxy) is 2. The quantitative estimate of drug-likeness (QED) is 0.220. The van der Waals surface area contributed by atoms with Gasteiger partial charge < -0.3 is 24.2 Å². The van der Waals surface area contributed by atoms with E-state index in [0.29, 0.717) is 25.9 Å². The third-order valence-corrected chi connectivity index (χ3v) is 10.3. The molecule has 0 amide bonds. The molecule has 2 fully saturated rings. The van der Waals surface area contributed by atoms with E-state index in [4.69, 9.17) is 14.0 Å².